The Kier molecular flexibility index (Phi) is 7.28. The highest BCUT2D eigenvalue weighted by molar-refractivity contribution is 14.0. The molecule has 25 heavy (non-hydrogen) atoms. The van der Waals surface area contributed by atoms with Gasteiger partial charge in [0.15, 0.2) is 5.96 Å². The maximum absolute atomic E-state index is 4.64. The number of aliphatic imine (C=N–C) groups is 1. The van der Waals surface area contributed by atoms with E-state index in [4.69, 9.17) is 0 Å². The molecular formula is C19H28IN5. The summed E-state index contributed by atoms with van der Waals surface area (Å²) in [5, 5.41) is 8.10. The molecule has 1 aliphatic heterocycles. The van der Waals surface area contributed by atoms with E-state index in [1.54, 1.807) is 0 Å². The largest absolute Gasteiger partial charge is 0.351 e. The monoisotopic (exact) mass is 453 g/mol. The molecule has 1 fully saturated rings. The lowest BCUT2D eigenvalue weighted by molar-refractivity contribution is 0.208. The van der Waals surface area contributed by atoms with E-state index < -0.39 is 0 Å². The van der Waals surface area contributed by atoms with Gasteiger partial charge in [-0.05, 0) is 36.5 Å². The molecule has 0 radical (unpaired) electrons. The van der Waals surface area contributed by atoms with Crippen LogP contribution in [-0.2, 0) is 6.54 Å². The Morgan fingerprint density at radius 2 is 1.84 bits per heavy atom. The third-order valence-electron chi connectivity index (χ3n) is 4.47. The van der Waals surface area contributed by atoms with Gasteiger partial charge in [-0.3, -0.25) is 4.99 Å². The fraction of sp³-hybridized carbons (Fsp3) is 0.474. The van der Waals surface area contributed by atoms with Crippen LogP contribution < -0.4 is 5.32 Å². The molecule has 1 N–H and O–H groups in total. The standard InChI is InChI=1S/C19H27N5.HI/c1-15-11-16(2)14-23(13-15)19(20-3)21-12-17-9-10-24(22-17)18-7-5-4-6-8-18;/h4-10,15-16H,11-14H2,1-3H3,(H,20,21);1H. The van der Waals surface area contributed by atoms with Crippen molar-refractivity contribution in [2.45, 2.75) is 26.8 Å². The van der Waals surface area contributed by atoms with Gasteiger partial charge >= 0.3 is 0 Å². The molecule has 0 saturated carbocycles. The van der Waals surface area contributed by atoms with Crippen LogP contribution >= 0.6 is 24.0 Å². The van der Waals surface area contributed by atoms with E-state index in [1.807, 2.05) is 36.1 Å². The first-order chi connectivity index (χ1) is 11.7. The lowest BCUT2D eigenvalue weighted by atomic mass is 9.92. The first-order valence-electron chi connectivity index (χ1n) is 8.71. The lowest BCUT2D eigenvalue weighted by Gasteiger charge is -2.37. The molecule has 0 bridgehead atoms. The number of hydrogen-bond acceptors (Lipinski definition) is 2. The zero-order valence-electron chi connectivity index (χ0n) is 15.2. The van der Waals surface area contributed by atoms with Crippen LogP contribution in [0.3, 0.4) is 0 Å². The SMILES string of the molecule is CN=C(NCc1ccn(-c2ccccc2)n1)N1CC(C)CC(C)C1.I. The molecule has 1 aromatic carbocycles. The van der Waals surface area contributed by atoms with Gasteiger partial charge in [0.2, 0.25) is 0 Å². The van der Waals surface area contributed by atoms with E-state index in [-0.39, 0.29) is 24.0 Å². The first kappa shape index (κ1) is 19.8. The second kappa shape index (κ2) is 9.22. The molecule has 2 aromatic rings. The molecule has 5 nitrogen and oxygen atoms in total. The van der Waals surface area contributed by atoms with Gasteiger partial charge in [-0.1, -0.05) is 32.0 Å². The second-order valence-electron chi connectivity index (χ2n) is 6.84. The highest BCUT2D eigenvalue weighted by Gasteiger charge is 2.23. The summed E-state index contributed by atoms with van der Waals surface area (Å²) in [6.45, 7) is 7.46. The van der Waals surface area contributed by atoms with E-state index in [9.17, 15) is 0 Å². The van der Waals surface area contributed by atoms with E-state index in [2.05, 4.69) is 52.4 Å². The predicted octanol–water partition coefficient (Wildman–Crippen LogP) is 3.54. The third-order valence-corrected chi connectivity index (χ3v) is 4.47. The molecule has 1 aromatic heterocycles. The van der Waals surface area contributed by atoms with Crippen LogP contribution in [0.1, 0.15) is 26.0 Å². The van der Waals surface area contributed by atoms with Crippen molar-refractivity contribution < 1.29 is 0 Å². The summed E-state index contributed by atoms with van der Waals surface area (Å²) in [6, 6.07) is 12.2. The van der Waals surface area contributed by atoms with E-state index in [0.717, 1.165) is 30.4 Å². The van der Waals surface area contributed by atoms with Gasteiger partial charge in [0, 0.05) is 26.3 Å². The topological polar surface area (TPSA) is 45.5 Å². The van der Waals surface area contributed by atoms with Gasteiger partial charge in [0.05, 0.1) is 17.9 Å². The highest BCUT2D eigenvalue weighted by atomic mass is 127. The Bertz CT molecular complexity index is 672. The molecular weight excluding hydrogens is 425 g/mol. The van der Waals surface area contributed by atoms with Crippen LogP contribution in [0.15, 0.2) is 47.6 Å². The number of benzene rings is 1. The van der Waals surface area contributed by atoms with E-state index in [1.165, 1.54) is 6.42 Å². The number of rotatable bonds is 3. The van der Waals surface area contributed by atoms with E-state index in [0.29, 0.717) is 18.4 Å². The van der Waals surface area contributed by atoms with Crippen LogP contribution in [0, 0.1) is 11.8 Å². The number of halogens is 1. The maximum atomic E-state index is 4.64. The summed E-state index contributed by atoms with van der Waals surface area (Å²) in [6.07, 6.45) is 3.30. The van der Waals surface area contributed by atoms with Crippen LogP contribution in [-0.4, -0.2) is 40.8 Å². The minimum atomic E-state index is 0. The molecule has 2 unspecified atom stereocenters. The van der Waals surface area contributed by atoms with Crippen molar-refractivity contribution in [1.82, 2.24) is 20.0 Å². The van der Waals surface area contributed by atoms with Gasteiger partial charge < -0.3 is 10.2 Å². The van der Waals surface area contributed by atoms with Gasteiger partial charge in [-0.15, -0.1) is 24.0 Å². The molecule has 0 spiro atoms. The summed E-state index contributed by atoms with van der Waals surface area (Å²) in [4.78, 5) is 6.83. The van der Waals surface area contributed by atoms with Crippen molar-refractivity contribution in [1.29, 1.82) is 0 Å². The van der Waals surface area contributed by atoms with Crippen molar-refractivity contribution in [3.8, 4) is 5.69 Å². The van der Waals surface area contributed by atoms with Crippen molar-refractivity contribution in [2.24, 2.45) is 16.8 Å². The fourth-order valence-corrected chi connectivity index (χ4v) is 3.52. The van der Waals surface area contributed by atoms with Crippen molar-refractivity contribution in [2.75, 3.05) is 20.1 Å². The number of aromatic nitrogens is 2. The van der Waals surface area contributed by atoms with Gasteiger partial charge in [0.1, 0.15) is 0 Å². The first-order valence-corrected chi connectivity index (χ1v) is 8.71. The average Bonchev–Trinajstić information content (AvgIpc) is 3.04. The molecule has 1 aliphatic rings. The normalized spacial score (nSPS) is 20.9. The number of piperidine rings is 1. The Morgan fingerprint density at radius 3 is 2.48 bits per heavy atom. The molecule has 3 rings (SSSR count). The van der Waals surface area contributed by atoms with Crippen LogP contribution in [0.25, 0.3) is 5.69 Å². The van der Waals surface area contributed by atoms with Crippen LogP contribution in [0.5, 0.6) is 0 Å². The second-order valence-corrected chi connectivity index (χ2v) is 6.84. The Labute approximate surface area is 167 Å². The van der Waals surface area contributed by atoms with Gasteiger partial charge in [-0.2, -0.15) is 5.10 Å². The summed E-state index contributed by atoms with van der Waals surface area (Å²) in [5.74, 6) is 2.40. The average molecular weight is 453 g/mol. The number of para-hydroxylation sites is 1. The van der Waals surface area contributed by atoms with Crippen molar-refractivity contribution >= 4 is 29.9 Å². The Hall–Kier alpha value is -1.57. The number of guanidine groups is 1. The van der Waals surface area contributed by atoms with Gasteiger partial charge in [-0.25, -0.2) is 4.68 Å². The number of nitrogens with zero attached hydrogens (tertiary/aromatic N) is 4. The minimum Gasteiger partial charge on any atom is -0.351 e. The minimum absolute atomic E-state index is 0. The predicted molar refractivity (Wildman–Crippen MR) is 114 cm³/mol. The maximum Gasteiger partial charge on any atom is 0.193 e. The number of likely N-dealkylation sites (tertiary alicyclic amines) is 1. The summed E-state index contributed by atoms with van der Waals surface area (Å²) < 4.78 is 1.91. The van der Waals surface area contributed by atoms with Gasteiger partial charge in [0.25, 0.3) is 0 Å². The molecule has 2 atom stereocenters. The summed E-state index contributed by atoms with van der Waals surface area (Å²) in [5.41, 5.74) is 2.09. The quantitative estimate of drug-likeness (QED) is 0.440. The number of hydrogen-bond donors (Lipinski definition) is 1. The third kappa shape index (κ3) is 5.20. The smallest absolute Gasteiger partial charge is 0.193 e. The lowest BCUT2D eigenvalue weighted by Crippen LogP contribution is -2.48. The van der Waals surface area contributed by atoms with Crippen LogP contribution in [0.2, 0.25) is 0 Å². The molecule has 0 amide bonds. The molecule has 0 aliphatic carbocycles. The molecule has 1 saturated heterocycles. The molecule has 136 valence electrons. The number of nitrogens with one attached hydrogen (secondary N) is 1. The van der Waals surface area contributed by atoms with Crippen molar-refractivity contribution in [3.05, 3.63) is 48.3 Å². The fourth-order valence-electron chi connectivity index (χ4n) is 3.52. The summed E-state index contributed by atoms with van der Waals surface area (Å²) >= 11 is 0. The van der Waals surface area contributed by atoms with E-state index >= 15 is 0 Å². The Balaban J connectivity index is 0.00000225. The Morgan fingerprint density at radius 1 is 1.16 bits per heavy atom. The zero-order chi connectivity index (χ0) is 16.9. The zero-order valence-corrected chi connectivity index (χ0v) is 17.6. The van der Waals surface area contributed by atoms with Crippen LogP contribution in [0.4, 0.5) is 0 Å². The highest BCUT2D eigenvalue weighted by Crippen LogP contribution is 2.20. The van der Waals surface area contributed by atoms with Crippen molar-refractivity contribution in [3.63, 3.8) is 0 Å². The summed E-state index contributed by atoms with van der Waals surface area (Å²) in [7, 11) is 1.86. The molecule has 6 heteroatoms. The molecule has 2 heterocycles.